The molecule has 10 heteroatoms. The van der Waals surface area contributed by atoms with Crippen LogP contribution in [0.25, 0.3) is 0 Å². The van der Waals surface area contributed by atoms with Crippen LogP contribution in [0.3, 0.4) is 0 Å². The molecular weight excluding hydrogens is 435 g/mol. The van der Waals surface area contributed by atoms with Gasteiger partial charge in [-0.05, 0) is 50.2 Å². The first kappa shape index (κ1) is 24.1. The summed E-state index contributed by atoms with van der Waals surface area (Å²) in [6.45, 7) is 5.26. The molecule has 0 atom stereocenters. The van der Waals surface area contributed by atoms with Gasteiger partial charge in [-0.15, -0.1) is 11.8 Å². The van der Waals surface area contributed by atoms with E-state index in [1.165, 1.54) is 13.0 Å². The summed E-state index contributed by atoms with van der Waals surface area (Å²) in [6.07, 6.45) is -3.67. The normalized spacial score (nSPS) is 11.8. The Hall–Kier alpha value is -2.20. The van der Waals surface area contributed by atoms with E-state index in [1.54, 1.807) is 37.7 Å². The van der Waals surface area contributed by atoms with Crippen molar-refractivity contribution in [1.82, 2.24) is 10.3 Å². The predicted molar refractivity (Wildman–Crippen MR) is 114 cm³/mol. The third-order valence-electron chi connectivity index (χ3n) is 3.80. The summed E-state index contributed by atoms with van der Waals surface area (Å²) >= 11 is 2.66. The standard InChI is InChI=1S/C20H22F3N3O2S2/c1-13(27)26-15-5-7-16(8-6-15)29-11-10-24-18(28)19(2,3)30-17-9-4-14(12-25-17)20(21,22)23/h4-9,12H,10-11H2,1-3H3,(H,24,28)(H,26,27). The van der Waals surface area contributed by atoms with Crippen LogP contribution in [-0.4, -0.2) is 33.8 Å². The Bertz CT molecular complexity index is 870. The van der Waals surface area contributed by atoms with Crippen molar-refractivity contribution >= 4 is 41.0 Å². The maximum atomic E-state index is 12.6. The third kappa shape index (κ3) is 7.56. The van der Waals surface area contributed by atoms with Gasteiger partial charge in [0.15, 0.2) is 0 Å². The SMILES string of the molecule is CC(=O)Nc1ccc(SCCNC(=O)C(C)(C)Sc2ccc(C(F)(F)F)cn2)cc1. The first-order valence-electron chi connectivity index (χ1n) is 8.98. The number of nitrogens with one attached hydrogen (secondary N) is 2. The maximum Gasteiger partial charge on any atom is 0.417 e. The molecule has 0 saturated heterocycles. The highest BCUT2D eigenvalue weighted by Gasteiger charge is 2.32. The lowest BCUT2D eigenvalue weighted by Crippen LogP contribution is -2.40. The molecule has 2 rings (SSSR count). The van der Waals surface area contributed by atoms with Gasteiger partial charge in [0, 0.05) is 36.0 Å². The van der Waals surface area contributed by atoms with E-state index in [9.17, 15) is 22.8 Å². The van der Waals surface area contributed by atoms with Gasteiger partial charge in [-0.25, -0.2) is 4.98 Å². The number of nitrogens with zero attached hydrogens (tertiary/aromatic N) is 1. The van der Waals surface area contributed by atoms with Gasteiger partial charge in [0.2, 0.25) is 11.8 Å². The number of amides is 2. The number of alkyl halides is 3. The van der Waals surface area contributed by atoms with E-state index in [0.717, 1.165) is 34.6 Å². The van der Waals surface area contributed by atoms with Gasteiger partial charge in [-0.2, -0.15) is 13.2 Å². The zero-order valence-corrected chi connectivity index (χ0v) is 18.3. The second kappa shape index (κ2) is 10.2. The van der Waals surface area contributed by atoms with Crippen LogP contribution >= 0.6 is 23.5 Å². The largest absolute Gasteiger partial charge is 0.417 e. The Morgan fingerprint density at radius 3 is 2.27 bits per heavy atom. The molecule has 0 aliphatic rings. The van der Waals surface area contributed by atoms with Crippen LogP contribution in [0.4, 0.5) is 18.9 Å². The molecule has 5 nitrogen and oxygen atoms in total. The maximum absolute atomic E-state index is 12.6. The number of aromatic nitrogens is 1. The third-order valence-corrected chi connectivity index (χ3v) is 5.96. The van der Waals surface area contributed by atoms with Gasteiger partial charge in [0.25, 0.3) is 0 Å². The summed E-state index contributed by atoms with van der Waals surface area (Å²) in [5.41, 5.74) is -0.105. The first-order chi connectivity index (χ1) is 14.0. The van der Waals surface area contributed by atoms with Crippen molar-refractivity contribution in [2.75, 3.05) is 17.6 Å². The van der Waals surface area contributed by atoms with Gasteiger partial charge in [-0.3, -0.25) is 9.59 Å². The Labute approximate surface area is 181 Å². The fourth-order valence-electron chi connectivity index (χ4n) is 2.30. The van der Waals surface area contributed by atoms with Crippen molar-refractivity contribution in [3.63, 3.8) is 0 Å². The highest BCUT2D eigenvalue weighted by molar-refractivity contribution is 8.01. The molecule has 30 heavy (non-hydrogen) atoms. The summed E-state index contributed by atoms with van der Waals surface area (Å²) in [7, 11) is 0. The molecule has 0 aliphatic carbocycles. The van der Waals surface area contributed by atoms with Crippen molar-refractivity contribution in [2.24, 2.45) is 0 Å². The zero-order valence-electron chi connectivity index (χ0n) is 16.7. The molecule has 0 bridgehead atoms. The topological polar surface area (TPSA) is 71.1 Å². The van der Waals surface area contributed by atoms with E-state index in [0.29, 0.717) is 17.3 Å². The van der Waals surface area contributed by atoms with Crippen LogP contribution in [0.2, 0.25) is 0 Å². The summed E-state index contributed by atoms with van der Waals surface area (Å²) in [5.74, 6) is 0.283. The van der Waals surface area contributed by atoms with Crippen molar-refractivity contribution in [1.29, 1.82) is 0 Å². The van der Waals surface area contributed by atoms with Crippen LogP contribution in [0.15, 0.2) is 52.5 Å². The second-order valence-electron chi connectivity index (χ2n) is 6.81. The fourth-order valence-corrected chi connectivity index (χ4v) is 4.00. The Morgan fingerprint density at radius 1 is 1.07 bits per heavy atom. The van der Waals surface area contributed by atoms with Crippen LogP contribution < -0.4 is 10.6 Å². The number of anilines is 1. The number of halogens is 3. The number of hydrogen-bond donors (Lipinski definition) is 2. The molecular formula is C20H22F3N3O2S2. The number of carbonyl (C=O) groups excluding carboxylic acids is 2. The van der Waals surface area contributed by atoms with Crippen molar-refractivity contribution in [3.8, 4) is 0 Å². The number of thioether (sulfide) groups is 2. The van der Waals surface area contributed by atoms with Crippen LogP contribution in [0.1, 0.15) is 26.3 Å². The Kier molecular flexibility index (Phi) is 8.19. The molecule has 0 aliphatic heterocycles. The number of benzene rings is 1. The molecule has 1 aromatic heterocycles. The van der Waals surface area contributed by atoms with E-state index in [-0.39, 0.29) is 11.8 Å². The molecule has 1 heterocycles. The summed E-state index contributed by atoms with van der Waals surface area (Å²) < 4.78 is 37.0. The number of hydrogen-bond acceptors (Lipinski definition) is 5. The van der Waals surface area contributed by atoms with E-state index in [4.69, 9.17) is 0 Å². The van der Waals surface area contributed by atoms with E-state index in [1.807, 2.05) is 12.1 Å². The first-order valence-corrected chi connectivity index (χ1v) is 10.8. The fraction of sp³-hybridized carbons (Fsp3) is 0.350. The Morgan fingerprint density at radius 2 is 1.73 bits per heavy atom. The minimum absolute atomic E-state index is 0.134. The summed E-state index contributed by atoms with van der Waals surface area (Å²) in [5, 5.41) is 5.88. The quantitative estimate of drug-likeness (QED) is 0.439. The molecule has 2 N–H and O–H groups in total. The predicted octanol–water partition coefficient (Wildman–Crippen LogP) is 4.84. The summed E-state index contributed by atoms with van der Waals surface area (Å²) in [6, 6.07) is 9.60. The highest BCUT2D eigenvalue weighted by atomic mass is 32.2. The molecule has 0 unspecified atom stereocenters. The highest BCUT2D eigenvalue weighted by Crippen LogP contribution is 2.34. The molecule has 1 aromatic carbocycles. The molecule has 2 aromatic rings. The second-order valence-corrected chi connectivity index (χ2v) is 9.62. The van der Waals surface area contributed by atoms with Gasteiger partial charge in [-0.1, -0.05) is 11.8 Å². The van der Waals surface area contributed by atoms with Crippen molar-refractivity contribution in [2.45, 2.75) is 41.6 Å². The van der Waals surface area contributed by atoms with Crippen molar-refractivity contribution in [3.05, 3.63) is 48.2 Å². The monoisotopic (exact) mass is 457 g/mol. The van der Waals surface area contributed by atoms with E-state index < -0.39 is 16.5 Å². The molecule has 0 saturated carbocycles. The summed E-state index contributed by atoms with van der Waals surface area (Å²) in [4.78, 5) is 28.3. The van der Waals surface area contributed by atoms with E-state index >= 15 is 0 Å². The van der Waals surface area contributed by atoms with Gasteiger partial charge in [0.1, 0.15) is 0 Å². The lowest BCUT2D eigenvalue weighted by Gasteiger charge is -2.22. The molecule has 0 radical (unpaired) electrons. The molecule has 0 spiro atoms. The number of pyridine rings is 1. The number of rotatable bonds is 8. The van der Waals surface area contributed by atoms with Crippen LogP contribution in [0.5, 0.6) is 0 Å². The number of carbonyl (C=O) groups is 2. The van der Waals surface area contributed by atoms with Gasteiger partial charge < -0.3 is 10.6 Å². The van der Waals surface area contributed by atoms with Crippen LogP contribution in [-0.2, 0) is 15.8 Å². The van der Waals surface area contributed by atoms with Gasteiger partial charge >= 0.3 is 6.18 Å². The molecule has 2 amide bonds. The molecule has 162 valence electrons. The van der Waals surface area contributed by atoms with Crippen LogP contribution in [0, 0.1) is 0 Å². The minimum Gasteiger partial charge on any atom is -0.354 e. The lowest BCUT2D eigenvalue weighted by molar-refractivity contribution is -0.138. The van der Waals surface area contributed by atoms with Crippen molar-refractivity contribution < 1.29 is 22.8 Å². The lowest BCUT2D eigenvalue weighted by atomic mass is 10.2. The zero-order chi connectivity index (χ0) is 22.4. The minimum atomic E-state index is -4.44. The van der Waals surface area contributed by atoms with Gasteiger partial charge in [0.05, 0.1) is 15.3 Å². The average molecular weight is 458 g/mol. The average Bonchev–Trinajstić information content (AvgIpc) is 2.65. The molecule has 0 fully saturated rings. The van der Waals surface area contributed by atoms with E-state index in [2.05, 4.69) is 15.6 Å². The Balaban J connectivity index is 1.79. The smallest absolute Gasteiger partial charge is 0.354 e.